The molecule has 3 aromatic heterocycles. The van der Waals surface area contributed by atoms with E-state index in [1.807, 2.05) is 66.6 Å². The van der Waals surface area contributed by atoms with E-state index in [1.54, 1.807) is 0 Å². The lowest BCUT2D eigenvalue weighted by Crippen LogP contribution is -2.35. The first-order valence-electron chi connectivity index (χ1n) is 10.6. The molecule has 1 N–H and O–H groups in total. The number of rotatable bonds is 3. The Morgan fingerprint density at radius 2 is 1.90 bits per heavy atom. The van der Waals surface area contributed by atoms with Gasteiger partial charge in [-0.3, -0.25) is 9.36 Å². The summed E-state index contributed by atoms with van der Waals surface area (Å²) in [5.74, 6) is 2.38. The molecule has 1 saturated heterocycles. The van der Waals surface area contributed by atoms with Gasteiger partial charge in [0.1, 0.15) is 5.76 Å². The molecule has 0 bridgehead atoms. The number of carbonyl (C=O) groups excluding carboxylic acids is 1. The van der Waals surface area contributed by atoms with Crippen LogP contribution in [0.4, 0.5) is 5.95 Å². The Balaban J connectivity index is 1.35. The second kappa shape index (κ2) is 7.61. The predicted octanol–water partition coefficient (Wildman–Crippen LogP) is 3.62. The van der Waals surface area contributed by atoms with Crippen molar-refractivity contribution in [2.75, 3.05) is 31.1 Å². The Kier molecular flexibility index (Phi) is 4.77. The van der Waals surface area contributed by atoms with E-state index in [9.17, 15) is 4.79 Å². The van der Waals surface area contributed by atoms with Crippen LogP contribution in [0.25, 0.3) is 16.9 Å². The number of nitrogens with one attached hydrogen (secondary N) is 1. The molecule has 4 aromatic rings. The summed E-state index contributed by atoms with van der Waals surface area (Å²) < 4.78 is 7.20. The smallest absolute Gasteiger partial charge is 0.255 e. The number of imidazole rings is 1. The van der Waals surface area contributed by atoms with Gasteiger partial charge in [0.05, 0.1) is 16.6 Å². The van der Waals surface area contributed by atoms with Gasteiger partial charge in [0, 0.05) is 43.6 Å². The third-order valence-corrected chi connectivity index (χ3v) is 5.97. The van der Waals surface area contributed by atoms with Gasteiger partial charge in [-0.2, -0.15) is 0 Å². The molecule has 1 fully saturated rings. The maximum Gasteiger partial charge on any atom is 0.255 e. The molecule has 0 saturated carbocycles. The maximum absolute atomic E-state index is 13.4. The summed E-state index contributed by atoms with van der Waals surface area (Å²) in [7, 11) is 0. The number of anilines is 1. The first kappa shape index (κ1) is 19.4. The summed E-state index contributed by atoms with van der Waals surface area (Å²) >= 11 is 0. The van der Waals surface area contributed by atoms with E-state index in [-0.39, 0.29) is 5.91 Å². The molecule has 0 atom stereocenters. The van der Waals surface area contributed by atoms with Crippen LogP contribution in [0.3, 0.4) is 0 Å². The minimum Gasteiger partial charge on any atom is -0.360 e. The number of amides is 1. The average Bonchev–Trinajstić information content (AvgIpc) is 3.39. The molecule has 4 heterocycles. The van der Waals surface area contributed by atoms with E-state index in [2.05, 4.69) is 15.0 Å². The summed E-state index contributed by atoms with van der Waals surface area (Å²) in [5, 5.41) is 4.12. The second-order valence-electron chi connectivity index (χ2n) is 8.13. The molecule has 0 spiro atoms. The van der Waals surface area contributed by atoms with Crippen molar-refractivity contribution in [3.8, 4) is 5.82 Å². The molecule has 1 aromatic carbocycles. The number of H-pyrrole nitrogens is 1. The van der Waals surface area contributed by atoms with Crippen molar-refractivity contribution in [3.05, 3.63) is 59.1 Å². The average molecular weight is 419 g/mol. The van der Waals surface area contributed by atoms with Crippen molar-refractivity contribution in [2.24, 2.45) is 0 Å². The summed E-state index contributed by atoms with van der Waals surface area (Å²) in [6.07, 6.45) is 0.893. The maximum atomic E-state index is 13.4. The Morgan fingerprint density at radius 1 is 1.06 bits per heavy atom. The molecular formula is C23H26N6O2. The molecular weight excluding hydrogens is 392 g/mol. The summed E-state index contributed by atoms with van der Waals surface area (Å²) in [4.78, 5) is 25.7. The van der Waals surface area contributed by atoms with Crippen molar-refractivity contribution in [1.29, 1.82) is 0 Å². The molecule has 8 heteroatoms. The minimum absolute atomic E-state index is 0.0611. The molecule has 8 nitrogen and oxygen atoms in total. The molecule has 0 unspecified atom stereocenters. The Morgan fingerprint density at radius 3 is 2.68 bits per heavy atom. The molecule has 1 amide bonds. The van der Waals surface area contributed by atoms with Gasteiger partial charge in [-0.05, 0) is 45.4 Å². The van der Waals surface area contributed by atoms with Crippen molar-refractivity contribution < 1.29 is 9.32 Å². The van der Waals surface area contributed by atoms with Gasteiger partial charge in [-0.15, -0.1) is 0 Å². The number of benzene rings is 1. The van der Waals surface area contributed by atoms with Crippen LogP contribution >= 0.6 is 0 Å². The van der Waals surface area contributed by atoms with Crippen LogP contribution in [0.5, 0.6) is 0 Å². The van der Waals surface area contributed by atoms with Gasteiger partial charge in [-0.1, -0.05) is 17.3 Å². The molecule has 160 valence electrons. The first-order valence-corrected chi connectivity index (χ1v) is 10.6. The summed E-state index contributed by atoms with van der Waals surface area (Å²) in [6.45, 7) is 8.79. The molecule has 31 heavy (non-hydrogen) atoms. The highest BCUT2D eigenvalue weighted by atomic mass is 16.5. The lowest BCUT2D eigenvalue weighted by molar-refractivity contribution is 0.0766. The van der Waals surface area contributed by atoms with Crippen LogP contribution < -0.4 is 4.90 Å². The number of hydrogen-bond donors (Lipinski definition) is 1. The zero-order valence-electron chi connectivity index (χ0n) is 18.1. The van der Waals surface area contributed by atoms with Gasteiger partial charge in [0.15, 0.2) is 5.82 Å². The summed E-state index contributed by atoms with van der Waals surface area (Å²) in [5.41, 5.74) is 4.56. The predicted molar refractivity (Wildman–Crippen MR) is 119 cm³/mol. The highest BCUT2D eigenvalue weighted by molar-refractivity contribution is 5.96. The topological polar surface area (TPSA) is 83.2 Å². The Labute approximate surface area is 180 Å². The van der Waals surface area contributed by atoms with E-state index in [0.717, 1.165) is 65.7 Å². The number of aromatic amines is 1. The van der Waals surface area contributed by atoms with Gasteiger partial charge < -0.3 is 19.3 Å². The van der Waals surface area contributed by atoms with E-state index < -0.39 is 0 Å². The number of hydrogen-bond acceptors (Lipinski definition) is 5. The molecule has 1 aliphatic heterocycles. The fourth-order valence-corrected chi connectivity index (χ4v) is 4.38. The van der Waals surface area contributed by atoms with Gasteiger partial charge in [0.2, 0.25) is 5.95 Å². The number of fused-ring (bicyclic) bond motifs is 1. The number of aryl methyl sites for hydroxylation is 2. The lowest BCUT2D eigenvalue weighted by Gasteiger charge is -2.22. The molecule has 5 rings (SSSR count). The SMILES string of the molecule is Cc1cc(-n2c(C)cc(C(=O)N3CCCN(c4nc5ccccc5[nH]4)CC3)c2C)no1. The fraction of sp³-hybridized carbons (Fsp3) is 0.348. The third kappa shape index (κ3) is 3.48. The molecule has 1 aliphatic rings. The van der Waals surface area contributed by atoms with E-state index in [1.165, 1.54) is 0 Å². The van der Waals surface area contributed by atoms with Crippen molar-refractivity contribution in [3.63, 3.8) is 0 Å². The van der Waals surface area contributed by atoms with Crippen molar-refractivity contribution in [1.82, 2.24) is 24.6 Å². The van der Waals surface area contributed by atoms with Gasteiger partial charge in [0.25, 0.3) is 5.91 Å². The van der Waals surface area contributed by atoms with Gasteiger partial charge in [-0.25, -0.2) is 4.98 Å². The summed E-state index contributed by atoms with van der Waals surface area (Å²) in [6, 6.07) is 11.9. The highest BCUT2D eigenvalue weighted by Crippen LogP contribution is 2.23. The van der Waals surface area contributed by atoms with Gasteiger partial charge >= 0.3 is 0 Å². The fourth-order valence-electron chi connectivity index (χ4n) is 4.38. The first-order chi connectivity index (χ1) is 15.0. The lowest BCUT2D eigenvalue weighted by atomic mass is 10.2. The quantitative estimate of drug-likeness (QED) is 0.549. The van der Waals surface area contributed by atoms with E-state index in [0.29, 0.717) is 12.4 Å². The van der Waals surface area contributed by atoms with Crippen LogP contribution in [-0.2, 0) is 0 Å². The second-order valence-corrected chi connectivity index (χ2v) is 8.13. The van der Waals surface area contributed by atoms with E-state index in [4.69, 9.17) is 9.51 Å². The van der Waals surface area contributed by atoms with Crippen molar-refractivity contribution in [2.45, 2.75) is 27.2 Å². The number of nitrogens with zero attached hydrogens (tertiary/aromatic N) is 5. The molecule has 0 aliphatic carbocycles. The Bertz CT molecular complexity index is 1220. The zero-order valence-corrected chi connectivity index (χ0v) is 18.1. The molecule has 0 radical (unpaired) electrons. The van der Waals surface area contributed by atoms with Crippen LogP contribution in [0.2, 0.25) is 0 Å². The zero-order chi connectivity index (χ0) is 21.5. The Hall–Kier alpha value is -3.55. The van der Waals surface area contributed by atoms with E-state index >= 15 is 0 Å². The standard InChI is InChI=1S/C23H26N6O2/c1-15-13-18(17(3)29(15)21-14-16(2)31-26-21)22(30)27-9-6-10-28(12-11-27)23-24-19-7-4-5-8-20(19)25-23/h4-5,7-8,13-14H,6,9-12H2,1-3H3,(H,24,25). The van der Waals surface area contributed by atoms with Crippen LogP contribution in [0.15, 0.2) is 40.9 Å². The van der Waals surface area contributed by atoms with Crippen molar-refractivity contribution >= 4 is 22.9 Å². The number of aromatic nitrogens is 4. The number of carbonyl (C=O) groups is 1. The normalized spacial score (nSPS) is 14.9. The van der Waals surface area contributed by atoms with Crippen LogP contribution in [-0.4, -0.2) is 56.7 Å². The van der Waals surface area contributed by atoms with Crippen LogP contribution in [0.1, 0.15) is 33.9 Å². The number of para-hydroxylation sites is 2. The largest absolute Gasteiger partial charge is 0.360 e. The van der Waals surface area contributed by atoms with Crippen LogP contribution in [0, 0.1) is 20.8 Å². The third-order valence-electron chi connectivity index (χ3n) is 5.97. The highest BCUT2D eigenvalue weighted by Gasteiger charge is 2.25. The minimum atomic E-state index is 0.0611. The monoisotopic (exact) mass is 418 g/mol.